The molecule has 7 atom stereocenters. The van der Waals surface area contributed by atoms with Crippen LogP contribution in [0.2, 0.25) is 0 Å². The van der Waals surface area contributed by atoms with Crippen LogP contribution >= 0.6 is 11.8 Å². The molecule has 1 N–H and O–H groups in total. The number of ether oxygens (including phenoxy) is 1. The monoisotopic (exact) mass is 568 g/mol. The van der Waals surface area contributed by atoms with Crippen molar-refractivity contribution in [2.75, 3.05) is 19.8 Å². The van der Waals surface area contributed by atoms with Crippen LogP contribution < -0.4 is 0 Å². The average molecular weight is 569 g/mol. The molecule has 1 aromatic carbocycles. The topological polar surface area (TPSA) is 87.2 Å². The number of carbonyl (C=O) groups excluding carboxylic acids is 3. The number of aliphatic hydroxyl groups excluding tert-OH is 1. The molecule has 3 saturated heterocycles. The lowest BCUT2D eigenvalue weighted by atomic mass is 9.71. The first kappa shape index (κ1) is 30.4. The number of thioether (sulfide) groups is 1. The summed E-state index contributed by atoms with van der Waals surface area (Å²) in [4.78, 5) is 45.8. The Morgan fingerprint density at radius 3 is 2.65 bits per heavy atom. The van der Waals surface area contributed by atoms with Crippen molar-refractivity contribution in [2.24, 2.45) is 17.8 Å². The quantitative estimate of drug-likeness (QED) is 0.189. The first-order chi connectivity index (χ1) is 19.3. The molecule has 0 aromatic heterocycles. The zero-order chi connectivity index (χ0) is 28.9. The normalized spacial score (nSPS) is 28.2. The molecule has 218 valence electrons. The molecule has 1 aromatic rings. The Morgan fingerprint density at radius 2 is 2.00 bits per heavy atom. The first-order valence-corrected chi connectivity index (χ1v) is 15.5. The van der Waals surface area contributed by atoms with E-state index in [4.69, 9.17) is 4.74 Å². The molecule has 7 nitrogen and oxygen atoms in total. The summed E-state index contributed by atoms with van der Waals surface area (Å²) in [5.41, 5.74) is 0.990. The van der Waals surface area contributed by atoms with E-state index in [2.05, 4.69) is 13.2 Å². The van der Waals surface area contributed by atoms with Gasteiger partial charge in [0.15, 0.2) is 0 Å². The molecule has 0 saturated carbocycles. The van der Waals surface area contributed by atoms with Crippen LogP contribution in [0.3, 0.4) is 0 Å². The van der Waals surface area contributed by atoms with Gasteiger partial charge in [0.25, 0.3) is 0 Å². The van der Waals surface area contributed by atoms with E-state index in [1.807, 2.05) is 50.3 Å². The molecule has 2 bridgehead atoms. The van der Waals surface area contributed by atoms with Gasteiger partial charge in [-0.15, -0.1) is 24.9 Å². The number of fused-ring (bicyclic) bond motifs is 1. The number of amides is 2. The van der Waals surface area contributed by atoms with Crippen molar-refractivity contribution in [3.8, 4) is 0 Å². The van der Waals surface area contributed by atoms with Crippen LogP contribution in [0, 0.1) is 17.8 Å². The fourth-order valence-electron chi connectivity index (χ4n) is 6.83. The minimum atomic E-state index is -0.764. The molecule has 3 heterocycles. The van der Waals surface area contributed by atoms with Crippen LogP contribution in [0.4, 0.5) is 0 Å². The van der Waals surface area contributed by atoms with E-state index in [1.54, 1.807) is 27.6 Å². The number of aliphatic hydroxyl groups is 1. The molecular formula is C32H44N2O5S. The maximum atomic E-state index is 14.6. The van der Waals surface area contributed by atoms with Crippen LogP contribution in [-0.4, -0.2) is 74.5 Å². The predicted molar refractivity (Wildman–Crippen MR) is 158 cm³/mol. The van der Waals surface area contributed by atoms with Crippen molar-refractivity contribution in [3.05, 3.63) is 61.2 Å². The van der Waals surface area contributed by atoms with Crippen molar-refractivity contribution >= 4 is 29.5 Å². The lowest BCUT2D eigenvalue weighted by Crippen LogP contribution is -2.58. The van der Waals surface area contributed by atoms with E-state index < -0.39 is 28.7 Å². The third-order valence-corrected chi connectivity index (χ3v) is 11.0. The van der Waals surface area contributed by atoms with E-state index >= 15 is 0 Å². The number of carbonyl (C=O) groups is 3. The summed E-state index contributed by atoms with van der Waals surface area (Å²) >= 11 is 1.63. The minimum Gasteiger partial charge on any atom is -0.465 e. The molecule has 3 aliphatic heterocycles. The van der Waals surface area contributed by atoms with Gasteiger partial charge in [0.1, 0.15) is 6.04 Å². The molecule has 0 aliphatic carbocycles. The first-order valence-electron chi connectivity index (χ1n) is 14.7. The molecule has 3 fully saturated rings. The molecule has 4 rings (SSSR count). The summed E-state index contributed by atoms with van der Waals surface area (Å²) < 4.78 is 4.99. The third-order valence-electron chi connectivity index (χ3n) is 9.01. The predicted octanol–water partition coefficient (Wildman–Crippen LogP) is 4.60. The second-order valence-electron chi connectivity index (χ2n) is 11.4. The van der Waals surface area contributed by atoms with Crippen LogP contribution in [0.25, 0.3) is 0 Å². The maximum Gasteiger partial charge on any atom is 0.310 e. The Balaban J connectivity index is 1.69. The van der Waals surface area contributed by atoms with Gasteiger partial charge in [-0.3, -0.25) is 14.4 Å². The van der Waals surface area contributed by atoms with E-state index in [1.165, 1.54) is 0 Å². The Hall–Kier alpha value is -2.58. The van der Waals surface area contributed by atoms with Gasteiger partial charge >= 0.3 is 5.97 Å². The summed E-state index contributed by atoms with van der Waals surface area (Å²) in [5.74, 6) is -1.90. The summed E-state index contributed by atoms with van der Waals surface area (Å²) in [7, 11) is 0. The zero-order valence-electron chi connectivity index (χ0n) is 23.9. The van der Waals surface area contributed by atoms with Gasteiger partial charge in [0.05, 0.1) is 35.8 Å². The summed E-state index contributed by atoms with van der Waals surface area (Å²) in [6, 6.07) is 8.51. The van der Waals surface area contributed by atoms with Gasteiger partial charge in [-0.2, -0.15) is 0 Å². The van der Waals surface area contributed by atoms with E-state index in [-0.39, 0.29) is 35.6 Å². The van der Waals surface area contributed by atoms with E-state index in [9.17, 15) is 19.5 Å². The number of esters is 1. The van der Waals surface area contributed by atoms with Gasteiger partial charge in [-0.05, 0) is 43.6 Å². The van der Waals surface area contributed by atoms with Crippen LogP contribution in [0.1, 0.15) is 57.9 Å². The third kappa shape index (κ3) is 5.62. The number of likely N-dealkylation sites (tertiary alicyclic amines) is 1. The number of allylic oxidation sites excluding steroid dienone is 1. The van der Waals surface area contributed by atoms with Crippen LogP contribution in [-0.2, 0) is 25.7 Å². The second kappa shape index (κ2) is 13.4. The summed E-state index contributed by atoms with van der Waals surface area (Å²) in [6.07, 6.45) is 8.26. The molecule has 2 unspecified atom stereocenters. The van der Waals surface area contributed by atoms with Crippen LogP contribution in [0.15, 0.2) is 55.6 Å². The van der Waals surface area contributed by atoms with E-state index in [0.717, 1.165) is 37.7 Å². The van der Waals surface area contributed by atoms with Crippen molar-refractivity contribution < 1.29 is 24.2 Å². The van der Waals surface area contributed by atoms with Gasteiger partial charge in [-0.25, -0.2) is 0 Å². The fourth-order valence-corrected chi connectivity index (χ4v) is 9.02. The lowest BCUT2D eigenvalue weighted by molar-refractivity contribution is -0.155. The number of benzene rings is 1. The Kier molecular flexibility index (Phi) is 10.2. The second-order valence-corrected chi connectivity index (χ2v) is 13.0. The van der Waals surface area contributed by atoms with Gasteiger partial charge in [0.2, 0.25) is 11.8 Å². The summed E-state index contributed by atoms with van der Waals surface area (Å²) in [5, 5.41) is 10.5. The number of nitrogens with zero attached hydrogens (tertiary/aromatic N) is 2. The van der Waals surface area contributed by atoms with Crippen molar-refractivity contribution in [3.63, 3.8) is 0 Å². The fraction of sp³-hybridized carbons (Fsp3) is 0.594. The highest BCUT2D eigenvalue weighted by atomic mass is 32.2. The molecular weight excluding hydrogens is 524 g/mol. The highest BCUT2D eigenvalue weighted by Gasteiger charge is 2.75. The number of unbranched alkanes of at least 4 members (excludes halogenated alkanes) is 2. The summed E-state index contributed by atoms with van der Waals surface area (Å²) in [6.45, 7) is 12.5. The van der Waals surface area contributed by atoms with Crippen molar-refractivity contribution in [1.82, 2.24) is 9.80 Å². The smallest absolute Gasteiger partial charge is 0.310 e. The van der Waals surface area contributed by atoms with Crippen molar-refractivity contribution in [1.29, 1.82) is 0 Å². The maximum absolute atomic E-state index is 14.6. The Morgan fingerprint density at radius 1 is 1.25 bits per heavy atom. The zero-order valence-corrected chi connectivity index (χ0v) is 24.7. The highest BCUT2D eigenvalue weighted by molar-refractivity contribution is 8.02. The largest absolute Gasteiger partial charge is 0.465 e. The van der Waals surface area contributed by atoms with Gasteiger partial charge < -0.3 is 19.6 Å². The molecule has 1 spiro atoms. The molecule has 8 heteroatoms. The number of hydrogen-bond donors (Lipinski definition) is 1. The number of hydrogen-bond acceptors (Lipinski definition) is 6. The number of rotatable bonds is 15. The lowest BCUT2D eigenvalue weighted by Gasteiger charge is -2.41. The highest BCUT2D eigenvalue weighted by Crippen LogP contribution is 2.67. The molecule has 3 aliphatic rings. The molecule has 0 radical (unpaired) electrons. The Bertz CT molecular complexity index is 1080. The Labute approximate surface area is 243 Å². The van der Waals surface area contributed by atoms with Gasteiger partial charge in [0, 0.05) is 18.3 Å². The average Bonchev–Trinajstić information content (AvgIpc) is 3.61. The molecule has 2 amide bonds. The van der Waals surface area contributed by atoms with E-state index in [0.29, 0.717) is 26.1 Å². The molecule has 40 heavy (non-hydrogen) atoms. The van der Waals surface area contributed by atoms with Crippen LogP contribution in [0.5, 0.6) is 0 Å². The van der Waals surface area contributed by atoms with Crippen molar-refractivity contribution in [2.45, 2.75) is 81.0 Å². The standard InChI is InChI=1S/C32H44N2O5S/c1-5-8-9-13-19-39-31(38)26-25-16-17-32(40-25)27(26)29(36)34(24(21-35)22(4)7-3)28(32)30(37)33(18-6-2)20-23-14-11-10-12-15-23/h5-6,10-12,14-15,22,24-28,35H,1-2,7-9,13,16-21H2,3-4H3/t22-,24-,25-,26+,27-,28?,32?/m0/s1. The SMILES string of the molecule is C=CCCCCOC(=O)[C@@H]1[C@@H]2CCC3(S2)C(C(=O)N(CC=C)Cc2ccccc2)N([C@@H](CO)[C@@H](C)CC)C(=O)[C@H]13. The minimum absolute atomic E-state index is 0.0149. The van der Waals surface area contributed by atoms with Gasteiger partial charge in [-0.1, -0.05) is 62.8 Å².